The van der Waals surface area contributed by atoms with Crippen molar-refractivity contribution in [3.63, 3.8) is 0 Å². The van der Waals surface area contributed by atoms with Crippen LogP contribution in [0, 0.1) is 12.1 Å². The van der Waals surface area contributed by atoms with Gasteiger partial charge in [0.25, 0.3) is 0 Å². The number of benzene rings is 4. The van der Waals surface area contributed by atoms with Gasteiger partial charge in [-0.2, -0.15) is 22.9 Å². The molecule has 0 bridgehead atoms. The Kier molecular flexibility index (Phi) is 17.3. The fourth-order valence-electron chi connectivity index (χ4n) is 3.06. The van der Waals surface area contributed by atoms with Gasteiger partial charge in [-0.3, -0.25) is 0 Å². The average Bonchev–Trinajstić information content (AvgIpc) is 2.69. The molecule has 0 amide bonds. The van der Waals surface area contributed by atoms with E-state index in [0.717, 1.165) is 21.5 Å². The molecule has 0 N–H and O–H groups in total. The van der Waals surface area contributed by atoms with Gasteiger partial charge in [-0.1, -0.05) is 35.6 Å². The molecule has 0 aliphatic rings. The van der Waals surface area contributed by atoms with Gasteiger partial charge in [0.15, 0.2) is 0 Å². The molecule has 0 unspecified atom stereocenters. The zero-order valence-corrected chi connectivity index (χ0v) is 27.2. The molecule has 4 aromatic rings. The predicted molar refractivity (Wildman–Crippen MR) is 111 cm³/mol. The first-order valence-electron chi connectivity index (χ1n) is 8.24. The molecule has 0 aliphatic heterocycles. The molecule has 0 aliphatic carbocycles. The van der Waals surface area contributed by atoms with E-state index >= 15 is 0 Å². The SMILES string of the molecule is C=CCOc1c[c-]c2ccc3[c-]cc(S(=O)(=O)[O-])c4ccc1c2c34.O=S(=O)=O.O=S(=O)=O.[Na+].[Na+].[Na+]. The van der Waals surface area contributed by atoms with E-state index in [1.54, 1.807) is 24.3 Å². The Morgan fingerprint density at radius 3 is 1.71 bits per heavy atom. The van der Waals surface area contributed by atoms with E-state index < -0.39 is 31.3 Å². The maximum atomic E-state index is 11.6. The first-order valence-corrected chi connectivity index (χ1v) is 11.6. The Morgan fingerprint density at radius 1 is 0.829 bits per heavy atom. The zero-order chi connectivity index (χ0) is 24.1. The first-order chi connectivity index (χ1) is 15.0. The van der Waals surface area contributed by atoms with E-state index in [9.17, 15) is 13.0 Å². The van der Waals surface area contributed by atoms with Crippen LogP contribution < -0.4 is 93.4 Å². The summed E-state index contributed by atoms with van der Waals surface area (Å²) in [6, 6.07) is 16.2. The van der Waals surface area contributed by atoms with Gasteiger partial charge in [0, 0.05) is 5.75 Å². The largest absolute Gasteiger partial charge is 1.00 e. The van der Waals surface area contributed by atoms with Crippen LogP contribution in [0.3, 0.4) is 0 Å². The van der Waals surface area contributed by atoms with Crippen LogP contribution in [0.1, 0.15) is 0 Å². The van der Waals surface area contributed by atoms with Crippen molar-refractivity contribution in [2.24, 2.45) is 0 Å². The van der Waals surface area contributed by atoms with Crippen LogP contribution in [0.15, 0.2) is 53.9 Å². The minimum atomic E-state index is -4.59. The van der Waals surface area contributed by atoms with Gasteiger partial charge in [-0.15, -0.1) is 60.3 Å². The minimum absolute atomic E-state index is 0. The average molecular weight is 564 g/mol. The summed E-state index contributed by atoms with van der Waals surface area (Å²) < 4.78 is 91.0. The summed E-state index contributed by atoms with van der Waals surface area (Å²) in [6.45, 7) is 3.99. The Morgan fingerprint density at radius 2 is 1.26 bits per heavy atom. The van der Waals surface area contributed by atoms with Crippen LogP contribution in [-0.4, -0.2) is 44.8 Å². The van der Waals surface area contributed by atoms with Crippen LogP contribution in [0.25, 0.3) is 32.3 Å². The molecule has 4 aromatic carbocycles. The fraction of sp³-hybridized carbons (Fsp3) is 0.0526. The first kappa shape index (κ1) is 36.8. The summed E-state index contributed by atoms with van der Waals surface area (Å²) in [5.41, 5.74) is 0. The van der Waals surface area contributed by atoms with E-state index in [2.05, 4.69) is 18.7 Å². The third-order valence-corrected chi connectivity index (χ3v) is 4.91. The molecule has 0 fully saturated rings. The molecule has 0 aromatic heterocycles. The van der Waals surface area contributed by atoms with Crippen LogP contribution in [0.2, 0.25) is 0 Å². The Labute approximate surface area is 270 Å². The molecule has 16 heteroatoms. The van der Waals surface area contributed by atoms with Crippen LogP contribution >= 0.6 is 0 Å². The van der Waals surface area contributed by atoms with Crippen molar-refractivity contribution < 1.29 is 132 Å². The molecule has 4 rings (SSSR count). The van der Waals surface area contributed by atoms with Crippen molar-refractivity contribution in [2.75, 3.05) is 6.61 Å². The molecule has 0 saturated carbocycles. The third-order valence-electron chi connectivity index (χ3n) is 4.04. The quantitative estimate of drug-likeness (QED) is 0.0763. The van der Waals surface area contributed by atoms with Gasteiger partial charge in [0.05, 0.1) is 16.7 Å². The number of rotatable bonds is 4. The maximum Gasteiger partial charge on any atom is 1.00 e. The molecule has 0 radical (unpaired) electrons. The molecular formula is C19H11Na3O10S3. The molecule has 35 heavy (non-hydrogen) atoms. The van der Waals surface area contributed by atoms with Crippen LogP contribution in [0.4, 0.5) is 0 Å². The van der Waals surface area contributed by atoms with E-state index in [4.69, 9.17) is 30.0 Å². The molecule has 0 atom stereocenters. The molecule has 10 nitrogen and oxygen atoms in total. The standard InChI is InChI=1S/C19H12O4S.3Na.2O3S/c1-2-11-23-16-9-5-12-3-4-13-6-10-17(24(20,21)22)15-8-7-14(16)18(12)19(13)15;;;;2*1-4(2)3/h2-4,7-10H,1,11H2,(H,20,21,22);;;;;/q-2;3*+1;;/p-1. The van der Waals surface area contributed by atoms with Gasteiger partial charge >= 0.3 is 110 Å². The Hall–Kier alpha value is -0.390. The third kappa shape index (κ3) is 10.1. The minimum Gasteiger partial charge on any atom is -0.752 e. The van der Waals surface area contributed by atoms with E-state index in [1.165, 1.54) is 6.07 Å². The van der Waals surface area contributed by atoms with Crippen molar-refractivity contribution in [1.29, 1.82) is 0 Å². The summed E-state index contributed by atoms with van der Waals surface area (Å²) in [7, 11) is -10.8. The monoisotopic (exact) mass is 564 g/mol. The van der Waals surface area contributed by atoms with E-state index in [0.29, 0.717) is 23.1 Å². The second kappa shape index (κ2) is 16.5. The summed E-state index contributed by atoms with van der Waals surface area (Å²) in [5.74, 6) is 0.632. The fourth-order valence-corrected chi connectivity index (χ4v) is 3.71. The predicted octanol–water partition coefficient (Wildman–Crippen LogP) is -7.34. The van der Waals surface area contributed by atoms with Gasteiger partial charge in [0.2, 0.25) is 0 Å². The summed E-state index contributed by atoms with van der Waals surface area (Å²) in [4.78, 5) is -0.262. The van der Waals surface area contributed by atoms with Crippen molar-refractivity contribution in [2.45, 2.75) is 4.90 Å². The summed E-state index contributed by atoms with van der Waals surface area (Å²) >= 11 is 0. The van der Waals surface area contributed by atoms with Crippen molar-refractivity contribution in [3.8, 4) is 5.75 Å². The van der Waals surface area contributed by atoms with Crippen molar-refractivity contribution >= 4 is 63.7 Å². The van der Waals surface area contributed by atoms with Crippen molar-refractivity contribution in [3.05, 3.63) is 61.2 Å². The van der Waals surface area contributed by atoms with Gasteiger partial charge in [-0.25, -0.2) is 8.42 Å². The number of hydrogen-bond acceptors (Lipinski definition) is 10. The van der Waals surface area contributed by atoms with Gasteiger partial charge in [-0.05, 0) is 4.90 Å². The molecule has 0 heterocycles. The molecule has 0 saturated heterocycles. The number of ether oxygens (including phenoxy) is 1. The second-order valence-corrected chi connectivity index (χ2v) is 8.00. The normalized spacial score (nSPS) is 9.74. The van der Waals surface area contributed by atoms with E-state index in [1.807, 2.05) is 12.1 Å². The second-order valence-electron chi connectivity index (χ2n) is 5.84. The van der Waals surface area contributed by atoms with Crippen LogP contribution in [-0.2, 0) is 31.3 Å². The maximum absolute atomic E-state index is 11.6. The van der Waals surface area contributed by atoms with Crippen LogP contribution in [0.5, 0.6) is 5.75 Å². The van der Waals surface area contributed by atoms with Gasteiger partial charge in [0.1, 0.15) is 0 Å². The Bertz CT molecular complexity index is 1600. The van der Waals surface area contributed by atoms with Crippen molar-refractivity contribution in [1.82, 2.24) is 0 Å². The Balaban J connectivity index is 0. The van der Waals surface area contributed by atoms with Gasteiger partial charge < -0.3 is 9.29 Å². The topological polar surface area (TPSA) is 169 Å². The molecule has 168 valence electrons. The zero-order valence-electron chi connectivity index (χ0n) is 18.8. The molecular weight excluding hydrogens is 553 g/mol. The summed E-state index contributed by atoms with van der Waals surface area (Å²) in [6.07, 6.45) is 1.65. The smallest absolute Gasteiger partial charge is 0.752 e. The van der Waals surface area contributed by atoms with E-state index in [-0.39, 0.29) is 93.6 Å². The number of hydrogen-bond donors (Lipinski definition) is 0. The summed E-state index contributed by atoms with van der Waals surface area (Å²) in [5, 5.41) is 4.28. The molecule has 0 spiro atoms.